The molecule has 0 bridgehead atoms. The Hall–Kier alpha value is -3.20. The van der Waals surface area contributed by atoms with Crippen LogP contribution in [0, 0.1) is 17.1 Å². The van der Waals surface area contributed by atoms with Gasteiger partial charge in [-0.1, -0.05) is 12.1 Å². The molecule has 2 aromatic rings. The van der Waals surface area contributed by atoms with E-state index in [1.807, 2.05) is 6.07 Å². The van der Waals surface area contributed by atoms with E-state index >= 15 is 0 Å². The minimum atomic E-state index is -0.834. The van der Waals surface area contributed by atoms with Crippen LogP contribution >= 0.6 is 0 Å². The molecule has 0 heterocycles. The number of anilines is 1. The van der Waals surface area contributed by atoms with Crippen LogP contribution in [-0.4, -0.2) is 11.9 Å². The Kier molecular flexibility index (Phi) is 5.05. The van der Waals surface area contributed by atoms with Gasteiger partial charge in [-0.2, -0.15) is 5.26 Å². The predicted molar refractivity (Wildman–Crippen MR) is 81.0 cm³/mol. The minimum absolute atomic E-state index is 0.0473. The van der Waals surface area contributed by atoms with Gasteiger partial charge in [0.2, 0.25) is 5.91 Å². The molecule has 0 aliphatic rings. The van der Waals surface area contributed by atoms with E-state index in [0.29, 0.717) is 16.8 Å². The number of nitrogens with zero attached hydrogens (tertiary/aromatic N) is 1. The van der Waals surface area contributed by atoms with Crippen molar-refractivity contribution >= 4 is 17.6 Å². The lowest BCUT2D eigenvalue weighted by Gasteiger charge is -2.08. The molecular weight excluding hydrogens is 299 g/mol. The Morgan fingerprint density at radius 3 is 2.52 bits per heavy atom. The number of esters is 1. The number of rotatable bonds is 4. The van der Waals surface area contributed by atoms with Gasteiger partial charge in [-0.15, -0.1) is 0 Å². The number of ether oxygens (including phenoxy) is 1. The molecule has 0 fully saturated rings. The number of benzene rings is 2. The van der Waals surface area contributed by atoms with Crippen LogP contribution in [0.3, 0.4) is 0 Å². The molecule has 0 unspecified atom stereocenters. The second kappa shape index (κ2) is 7.18. The quantitative estimate of drug-likeness (QED) is 0.880. The molecule has 2 aromatic carbocycles. The summed E-state index contributed by atoms with van der Waals surface area (Å²) in [5.41, 5.74) is 1.22. The number of nitrogens with one attached hydrogen (secondary N) is 1. The largest absolute Gasteiger partial charge is 0.457 e. The van der Waals surface area contributed by atoms with Gasteiger partial charge < -0.3 is 10.1 Å². The number of nitriles is 1. The first kappa shape index (κ1) is 16.2. The maximum Gasteiger partial charge on any atom is 0.341 e. The van der Waals surface area contributed by atoms with Gasteiger partial charge in [0, 0.05) is 12.6 Å². The highest BCUT2D eigenvalue weighted by atomic mass is 19.1. The van der Waals surface area contributed by atoms with Crippen LogP contribution in [-0.2, 0) is 16.1 Å². The van der Waals surface area contributed by atoms with Crippen molar-refractivity contribution in [3.63, 3.8) is 0 Å². The molecule has 0 atom stereocenters. The molecule has 1 N–H and O–H groups in total. The van der Waals surface area contributed by atoms with Crippen LogP contribution in [0.15, 0.2) is 42.5 Å². The zero-order valence-electron chi connectivity index (χ0n) is 12.3. The average molecular weight is 312 g/mol. The fourth-order valence-corrected chi connectivity index (χ4v) is 1.86. The molecular formula is C17H13FN2O3. The average Bonchev–Trinajstić information content (AvgIpc) is 2.54. The van der Waals surface area contributed by atoms with E-state index in [4.69, 9.17) is 10.00 Å². The van der Waals surface area contributed by atoms with E-state index in [1.54, 1.807) is 24.3 Å². The summed E-state index contributed by atoms with van der Waals surface area (Å²) >= 11 is 0. The first-order valence-electron chi connectivity index (χ1n) is 6.73. The molecule has 23 heavy (non-hydrogen) atoms. The van der Waals surface area contributed by atoms with Gasteiger partial charge >= 0.3 is 5.97 Å². The Labute approximate surface area is 132 Å². The molecule has 1 amide bonds. The van der Waals surface area contributed by atoms with Crippen molar-refractivity contribution in [1.29, 1.82) is 5.26 Å². The Morgan fingerprint density at radius 2 is 1.91 bits per heavy atom. The molecule has 0 aliphatic carbocycles. The Morgan fingerprint density at radius 1 is 1.22 bits per heavy atom. The summed E-state index contributed by atoms with van der Waals surface area (Å²) in [5, 5.41) is 11.2. The van der Waals surface area contributed by atoms with Crippen LogP contribution < -0.4 is 5.32 Å². The van der Waals surface area contributed by atoms with Gasteiger partial charge in [-0.25, -0.2) is 9.18 Å². The molecule has 6 heteroatoms. The zero-order chi connectivity index (χ0) is 16.8. The molecule has 116 valence electrons. The monoisotopic (exact) mass is 312 g/mol. The maximum absolute atomic E-state index is 13.7. The van der Waals surface area contributed by atoms with Crippen LogP contribution in [0.1, 0.15) is 28.4 Å². The van der Waals surface area contributed by atoms with Gasteiger partial charge in [0.05, 0.1) is 17.2 Å². The molecule has 0 radical (unpaired) electrons. The van der Waals surface area contributed by atoms with E-state index in [0.717, 1.165) is 6.07 Å². The van der Waals surface area contributed by atoms with Crippen LogP contribution in [0.5, 0.6) is 0 Å². The van der Waals surface area contributed by atoms with Crippen molar-refractivity contribution in [2.24, 2.45) is 0 Å². The molecule has 0 aromatic heterocycles. The van der Waals surface area contributed by atoms with E-state index in [-0.39, 0.29) is 18.1 Å². The molecule has 0 saturated carbocycles. The summed E-state index contributed by atoms with van der Waals surface area (Å²) < 4.78 is 18.8. The van der Waals surface area contributed by atoms with E-state index in [1.165, 1.54) is 19.1 Å². The molecule has 0 saturated heterocycles. The normalized spacial score (nSPS) is 9.78. The molecule has 2 rings (SSSR count). The van der Waals surface area contributed by atoms with Gasteiger partial charge in [0.25, 0.3) is 0 Å². The topological polar surface area (TPSA) is 79.2 Å². The van der Waals surface area contributed by atoms with Crippen molar-refractivity contribution in [3.8, 4) is 6.07 Å². The zero-order valence-corrected chi connectivity index (χ0v) is 12.3. The van der Waals surface area contributed by atoms with Crippen molar-refractivity contribution in [2.75, 3.05) is 5.32 Å². The van der Waals surface area contributed by atoms with E-state index in [2.05, 4.69) is 5.32 Å². The van der Waals surface area contributed by atoms with E-state index in [9.17, 15) is 14.0 Å². The standard InChI is InChI=1S/C17H13FN2O3/c1-11(21)20-14-6-7-16(18)15(8-14)17(22)23-10-13-4-2-12(9-19)3-5-13/h2-8H,10H2,1H3,(H,20,21). The van der Waals surface area contributed by atoms with Crippen LogP contribution in [0.25, 0.3) is 0 Å². The Bertz CT molecular complexity index is 779. The summed E-state index contributed by atoms with van der Waals surface area (Å²) in [6.07, 6.45) is 0. The SMILES string of the molecule is CC(=O)Nc1ccc(F)c(C(=O)OCc2ccc(C#N)cc2)c1. The minimum Gasteiger partial charge on any atom is -0.457 e. The first-order valence-corrected chi connectivity index (χ1v) is 6.73. The fraction of sp³-hybridized carbons (Fsp3) is 0.118. The summed E-state index contributed by atoms with van der Waals surface area (Å²) in [4.78, 5) is 23.0. The maximum atomic E-state index is 13.7. The van der Waals surface area contributed by atoms with Crippen LogP contribution in [0.2, 0.25) is 0 Å². The van der Waals surface area contributed by atoms with Gasteiger partial charge in [-0.3, -0.25) is 4.79 Å². The van der Waals surface area contributed by atoms with Gasteiger partial charge in [0.15, 0.2) is 0 Å². The number of amides is 1. The second-order valence-electron chi connectivity index (χ2n) is 4.76. The van der Waals surface area contributed by atoms with Gasteiger partial charge in [0.1, 0.15) is 12.4 Å². The third kappa shape index (κ3) is 4.38. The highest BCUT2D eigenvalue weighted by Crippen LogP contribution is 2.17. The Balaban J connectivity index is 2.07. The molecule has 0 spiro atoms. The van der Waals surface area contributed by atoms with Gasteiger partial charge in [-0.05, 0) is 35.9 Å². The third-order valence-electron chi connectivity index (χ3n) is 2.96. The number of hydrogen-bond acceptors (Lipinski definition) is 4. The number of hydrogen-bond donors (Lipinski definition) is 1. The molecule has 5 nitrogen and oxygen atoms in total. The van der Waals surface area contributed by atoms with Crippen molar-refractivity contribution in [1.82, 2.24) is 0 Å². The lowest BCUT2D eigenvalue weighted by atomic mass is 10.1. The summed E-state index contributed by atoms with van der Waals surface area (Å²) in [7, 11) is 0. The number of carbonyl (C=O) groups excluding carboxylic acids is 2. The highest BCUT2D eigenvalue weighted by molar-refractivity contribution is 5.93. The summed E-state index contributed by atoms with van der Waals surface area (Å²) in [5.74, 6) is -1.89. The van der Waals surface area contributed by atoms with Crippen LogP contribution in [0.4, 0.5) is 10.1 Å². The predicted octanol–water partition coefficient (Wildman–Crippen LogP) is 3.01. The van der Waals surface area contributed by atoms with Crippen molar-refractivity contribution in [3.05, 3.63) is 65.0 Å². The molecule has 0 aliphatic heterocycles. The lowest BCUT2D eigenvalue weighted by molar-refractivity contribution is -0.114. The highest BCUT2D eigenvalue weighted by Gasteiger charge is 2.14. The smallest absolute Gasteiger partial charge is 0.341 e. The van der Waals surface area contributed by atoms with Crippen molar-refractivity contribution < 1.29 is 18.7 Å². The fourth-order valence-electron chi connectivity index (χ4n) is 1.86. The summed E-state index contributed by atoms with van der Waals surface area (Å²) in [6.45, 7) is 1.26. The number of carbonyl (C=O) groups is 2. The first-order chi connectivity index (χ1) is 11.0. The number of halogens is 1. The van der Waals surface area contributed by atoms with E-state index < -0.39 is 11.8 Å². The lowest BCUT2D eigenvalue weighted by Crippen LogP contribution is -2.10. The summed E-state index contributed by atoms with van der Waals surface area (Å²) in [6, 6.07) is 12.1. The van der Waals surface area contributed by atoms with Crippen molar-refractivity contribution in [2.45, 2.75) is 13.5 Å². The third-order valence-corrected chi connectivity index (χ3v) is 2.96. The second-order valence-corrected chi connectivity index (χ2v) is 4.76.